The first kappa shape index (κ1) is 33.7. The number of carboxylic acid groups (broad SMARTS) is 1. The summed E-state index contributed by atoms with van der Waals surface area (Å²) >= 11 is 0. The highest BCUT2D eigenvalue weighted by Gasteiger charge is 2.67. The van der Waals surface area contributed by atoms with Crippen LogP contribution in [0.1, 0.15) is 79.1 Å². The molecule has 1 heterocycles. The topological polar surface area (TPSA) is 197 Å². The zero-order chi connectivity index (χ0) is 32.9. The summed E-state index contributed by atoms with van der Waals surface area (Å²) in [4.78, 5) is 12.9. The van der Waals surface area contributed by atoms with Gasteiger partial charge in [-0.1, -0.05) is 39.3 Å². The number of rotatable bonds is 5. The van der Waals surface area contributed by atoms with Crippen molar-refractivity contribution in [3.8, 4) is 0 Å². The zero-order valence-electron chi connectivity index (χ0n) is 27.0. The third-order valence-electron chi connectivity index (χ3n) is 13.9. The molecule has 5 fully saturated rings. The van der Waals surface area contributed by atoms with Crippen molar-refractivity contribution < 1.29 is 55.1 Å². The largest absolute Gasteiger partial charge is 0.481 e. The molecule has 0 aromatic rings. The molecule has 5 aliphatic carbocycles. The maximum absolute atomic E-state index is 12.9. The predicted octanol–water partition coefficient (Wildman–Crippen LogP) is 1.19. The summed E-state index contributed by atoms with van der Waals surface area (Å²) in [6, 6.07) is 0. The summed E-state index contributed by atoms with van der Waals surface area (Å²) in [6.07, 6.45) is -2.96. The fourth-order valence-electron chi connectivity index (χ4n) is 11.3. The van der Waals surface area contributed by atoms with Crippen molar-refractivity contribution in [2.24, 2.45) is 51.2 Å². The van der Waals surface area contributed by atoms with Gasteiger partial charge >= 0.3 is 5.97 Å². The molecule has 11 heteroatoms. The van der Waals surface area contributed by atoms with Crippen molar-refractivity contribution in [3.05, 3.63) is 11.6 Å². The van der Waals surface area contributed by atoms with Gasteiger partial charge in [0.15, 0.2) is 6.29 Å². The Morgan fingerprint density at radius 3 is 2.27 bits per heavy atom. The summed E-state index contributed by atoms with van der Waals surface area (Å²) in [6.45, 7) is 7.58. The molecule has 6 rings (SSSR count). The van der Waals surface area contributed by atoms with Crippen LogP contribution in [0.15, 0.2) is 11.6 Å². The van der Waals surface area contributed by atoms with Crippen LogP contribution in [0.2, 0.25) is 0 Å². The predicted molar refractivity (Wildman–Crippen MR) is 160 cm³/mol. The smallest absolute Gasteiger partial charge is 0.312 e. The van der Waals surface area contributed by atoms with Crippen LogP contribution in [0.3, 0.4) is 0 Å². The van der Waals surface area contributed by atoms with Gasteiger partial charge in [-0.2, -0.15) is 0 Å². The molecule has 8 N–H and O–H groups in total. The highest BCUT2D eigenvalue weighted by Crippen LogP contribution is 2.69. The van der Waals surface area contributed by atoms with E-state index in [1.54, 1.807) is 0 Å². The van der Waals surface area contributed by atoms with Crippen molar-refractivity contribution in [2.45, 2.75) is 128 Å². The number of fused-ring (bicyclic) bond motifs is 7. The summed E-state index contributed by atoms with van der Waals surface area (Å²) in [5.41, 5.74) is -1.31. The lowest BCUT2D eigenvalue weighted by atomic mass is 9.40. The first-order valence-electron chi connectivity index (χ1n) is 16.9. The maximum atomic E-state index is 12.9. The molecular weight excluding hydrogens is 584 g/mol. The van der Waals surface area contributed by atoms with Crippen LogP contribution in [-0.2, 0) is 14.3 Å². The fraction of sp³-hybridized carbons (Fsp3) is 0.912. The molecule has 6 aliphatic rings. The van der Waals surface area contributed by atoms with Gasteiger partial charge in [0, 0.05) is 5.41 Å². The van der Waals surface area contributed by atoms with Crippen LogP contribution in [-0.4, -0.2) is 109 Å². The third-order valence-corrected chi connectivity index (χ3v) is 13.9. The number of aliphatic hydroxyl groups is 7. The van der Waals surface area contributed by atoms with Crippen LogP contribution in [0.4, 0.5) is 0 Å². The lowest BCUT2D eigenvalue weighted by Gasteiger charge is -2.65. The molecule has 0 aromatic carbocycles. The van der Waals surface area contributed by atoms with Gasteiger partial charge in [0.25, 0.3) is 0 Å². The van der Waals surface area contributed by atoms with E-state index in [2.05, 4.69) is 26.8 Å². The minimum atomic E-state index is -1.62. The first-order valence-corrected chi connectivity index (χ1v) is 16.9. The van der Waals surface area contributed by atoms with Gasteiger partial charge < -0.3 is 50.3 Å². The highest BCUT2D eigenvalue weighted by atomic mass is 16.7. The number of aliphatic hydroxyl groups excluding tert-OH is 7. The number of ether oxygens (including phenoxy) is 2. The molecule has 0 radical (unpaired) electrons. The molecule has 0 amide bonds. The van der Waals surface area contributed by atoms with E-state index < -0.39 is 72.4 Å². The molecule has 8 unspecified atom stereocenters. The quantitative estimate of drug-likeness (QED) is 0.159. The van der Waals surface area contributed by atoms with Gasteiger partial charge in [-0.05, 0) is 91.8 Å². The van der Waals surface area contributed by atoms with E-state index in [4.69, 9.17) is 9.47 Å². The molecule has 16 atom stereocenters. The normalized spacial score (nSPS) is 54.1. The molecular formula is C34H54O11. The van der Waals surface area contributed by atoms with Crippen LogP contribution in [0.25, 0.3) is 0 Å². The molecule has 0 aromatic heterocycles. The molecule has 0 spiro atoms. The standard InChI is InChI=1S/C34H54O11/c1-31(2)9-10-34(30(42)43)21(12-31)20-6-5-16-17-11-22(37)28(45-29-27(41)26(40)25(39)23(14-35)44-29)33(4,15-36)19(17)8-7-18(16)32(20,3)13-24(34)38/h6,16-19,21-29,35-41H,5,7-15H2,1-4H3,(H,42,43)/t16?,17?,18?,19?,21?,22-,23?,24+,25+,26?,27?,28-,29-,32-,33+,34+/m0/s1. The molecule has 11 nitrogen and oxygen atoms in total. The van der Waals surface area contributed by atoms with Gasteiger partial charge in [-0.25, -0.2) is 0 Å². The second kappa shape index (κ2) is 11.5. The Morgan fingerprint density at radius 2 is 1.62 bits per heavy atom. The second-order valence-electron chi connectivity index (χ2n) is 16.6. The average molecular weight is 639 g/mol. The van der Waals surface area contributed by atoms with Crippen molar-refractivity contribution in [3.63, 3.8) is 0 Å². The Kier molecular flexibility index (Phi) is 8.61. The Balaban J connectivity index is 1.29. The summed E-state index contributed by atoms with van der Waals surface area (Å²) in [5, 5.41) is 85.5. The summed E-state index contributed by atoms with van der Waals surface area (Å²) in [5.74, 6) is -0.797. The fourth-order valence-corrected chi connectivity index (χ4v) is 11.3. The van der Waals surface area contributed by atoms with Crippen molar-refractivity contribution >= 4 is 5.97 Å². The van der Waals surface area contributed by atoms with E-state index in [9.17, 15) is 45.6 Å². The maximum Gasteiger partial charge on any atom is 0.312 e. The van der Waals surface area contributed by atoms with E-state index in [-0.39, 0.29) is 47.0 Å². The Labute approximate surface area is 265 Å². The van der Waals surface area contributed by atoms with Gasteiger partial charge in [0.2, 0.25) is 0 Å². The summed E-state index contributed by atoms with van der Waals surface area (Å²) in [7, 11) is 0. The van der Waals surface area contributed by atoms with Crippen LogP contribution in [0.5, 0.6) is 0 Å². The average Bonchev–Trinajstić information content (AvgIpc) is 2.98. The van der Waals surface area contributed by atoms with Crippen molar-refractivity contribution in [2.75, 3.05) is 13.2 Å². The molecule has 4 saturated carbocycles. The van der Waals surface area contributed by atoms with Crippen LogP contribution < -0.4 is 0 Å². The number of hydrogen-bond acceptors (Lipinski definition) is 10. The SMILES string of the molecule is CC1(C)CC[C@@]2(C(=O)O)C(C1)C1=CCC3C4C[C@H](O)[C@H](O[C@@H]5OC(CO)[C@@H](O)C(O)C5O)[C@](C)(CO)C4CCC3[C@]1(C)C[C@H]2O. The Bertz CT molecular complexity index is 1170. The molecule has 256 valence electrons. The van der Waals surface area contributed by atoms with Gasteiger partial charge in [-0.3, -0.25) is 4.79 Å². The van der Waals surface area contributed by atoms with E-state index in [0.717, 1.165) is 32.1 Å². The monoisotopic (exact) mass is 638 g/mol. The lowest BCUT2D eigenvalue weighted by Crippen LogP contribution is -2.66. The number of carboxylic acids is 1. The third kappa shape index (κ3) is 4.90. The van der Waals surface area contributed by atoms with Gasteiger partial charge in [-0.15, -0.1) is 0 Å². The molecule has 0 bridgehead atoms. The Hall–Kier alpha value is -1.15. The number of aliphatic carboxylic acids is 1. The second-order valence-corrected chi connectivity index (χ2v) is 16.6. The van der Waals surface area contributed by atoms with Gasteiger partial charge in [0.1, 0.15) is 29.8 Å². The van der Waals surface area contributed by atoms with Crippen molar-refractivity contribution in [1.82, 2.24) is 0 Å². The zero-order valence-corrected chi connectivity index (χ0v) is 27.0. The first-order chi connectivity index (χ1) is 21.1. The summed E-state index contributed by atoms with van der Waals surface area (Å²) < 4.78 is 11.8. The van der Waals surface area contributed by atoms with E-state index in [1.807, 2.05) is 6.92 Å². The van der Waals surface area contributed by atoms with Crippen LogP contribution >= 0.6 is 0 Å². The van der Waals surface area contributed by atoms with Crippen molar-refractivity contribution in [1.29, 1.82) is 0 Å². The number of hydrogen-bond donors (Lipinski definition) is 8. The number of allylic oxidation sites excluding steroid dienone is 2. The number of carbonyl (C=O) groups is 1. The lowest BCUT2D eigenvalue weighted by molar-refractivity contribution is -0.338. The van der Waals surface area contributed by atoms with E-state index in [0.29, 0.717) is 19.3 Å². The van der Waals surface area contributed by atoms with Crippen LogP contribution in [0, 0.1) is 51.2 Å². The Morgan fingerprint density at radius 1 is 0.933 bits per heavy atom. The van der Waals surface area contributed by atoms with Gasteiger partial charge in [0.05, 0.1) is 31.5 Å². The minimum Gasteiger partial charge on any atom is -0.481 e. The van der Waals surface area contributed by atoms with E-state index in [1.165, 1.54) is 5.57 Å². The minimum absolute atomic E-state index is 0.0245. The molecule has 1 aliphatic heterocycles. The molecule has 45 heavy (non-hydrogen) atoms. The highest BCUT2D eigenvalue weighted by molar-refractivity contribution is 5.77. The molecule has 1 saturated heterocycles. The van der Waals surface area contributed by atoms with E-state index >= 15 is 0 Å².